The molecule has 18 heavy (non-hydrogen) atoms. The maximum absolute atomic E-state index is 13.8. The van der Waals surface area contributed by atoms with Crippen molar-refractivity contribution in [1.82, 2.24) is 10.3 Å². The lowest BCUT2D eigenvalue weighted by Crippen LogP contribution is -2.34. The van der Waals surface area contributed by atoms with Crippen molar-refractivity contribution in [1.29, 1.82) is 0 Å². The fraction of sp³-hybridized carbons (Fsp3) is 0.500. The molecule has 6 heteroatoms. The van der Waals surface area contributed by atoms with Crippen LogP contribution in [0.15, 0.2) is 12.3 Å². The van der Waals surface area contributed by atoms with E-state index in [2.05, 4.69) is 15.7 Å². The zero-order valence-corrected chi connectivity index (χ0v) is 10.9. The van der Waals surface area contributed by atoms with E-state index in [1.807, 2.05) is 20.8 Å². The molecule has 5 nitrogen and oxygen atoms in total. The van der Waals surface area contributed by atoms with Crippen molar-refractivity contribution in [3.8, 4) is 0 Å². The summed E-state index contributed by atoms with van der Waals surface area (Å²) < 4.78 is 13.8. The molecule has 4 N–H and O–H groups in total. The number of nitrogens with two attached hydrogens (primary N) is 1. The second kappa shape index (κ2) is 5.77. The van der Waals surface area contributed by atoms with Gasteiger partial charge in [0.2, 0.25) is 0 Å². The van der Waals surface area contributed by atoms with Crippen LogP contribution in [0.4, 0.5) is 10.2 Å². The van der Waals surface area contributed by atoms with E-state index in [9.17, 15) is 9.18 Å². The topological polar surface area (TPSA) is 80.0 Å². The van der Waals surface area contributed by atoms with Crippen molar-refractivity contribution in [3.63, 3.8) is 0 Å². The summed E-state index contributed by atoms with van der Waals surface area (Å²) in [4.78, 5) is 15.5. The molecule has 100 valence electrons. The van der Waals surface area contributed by atoms with Crippen LogP contribution in [0.25, 0.3) is 0 Å². The number of hydrazine groups is 1. The number of amides is 1. The highest BCUT2D eigenvalue weighted by molar-refractivity contribution is 5.95. The van der Waals surface area contributed by atoms with Crippen molar-refractivity contribution in [2.45, 2.75) is 27.2 Å². The molecule has 1 heterocycles. The van der Waals surface area contributed by atoms with Crippen LogP contribution in [0.3, 0.4) is 0 Å². The number of pyridine rings is 1. The molecule has 1 amide bonds. The van der Waals surface area contributed by atoms with Crippen LogP contribution in [0, 0.1) is 11.2 Å². The van der Waals surface area contributed by atoms with E-state index in [0.29, 0.717) is 6.54 Å². The molecule has 0 unspecified atom stereocenters. The molecular formula is C12H19FN4O. The van der Waals surface area contributed by atoms with Gasteiger partial charge in [-0.1, -0.05) is 20.8 Å². The fourth-order valence-electron chi connectivity index (χ4n) is 1.26. The number of halogens is 1. The van der Waals surface area contributed by atoms with Crippen LogP contribution < -0.4 is 16.6 Å². The lowest BCUT2D eigenvalue weighted by Gasteiger charge is -2.22. The Hall–Kier alpha value is -1.69. The number of nitrogens with zero attached hydrogens (tertiary/aromatic N) is 1. The van der Waals surface area contributed by atoms with Gasteiger partial charge in [-0.3, -0.25) is 4.79 Å². The van der Waals surface area contributed by atoms with Gasteiger partial charge in [0.1, 0.15) is 0 Å². The summed E-state index contributed by atoms with van der Waals surface area (Å²) in [7, 11) is 0. The molecule has 1 aromatic rings. The smallest absolute Gasteiger partial charge is 0.254 e. The molecule has 0 aliphatic carbocycles. The Kier molecular flexibility index (Phi) is 4.61. The molecule has 0 bridgehead atoms. The molecule has 0 radical (unpaired) electrons. The SMILES string of the molecule is CCC(C)(C)CNC(=O)c1ccnc(NN)c1F. The Labute approximate surface area is 106 Å². The van der Waals surface area contributed by atoms with Crippen molar-refractivity contribution in [3.05, 3.63) is 23.6 Å². The first-order valence-electron chi connectivity index (χ1n) is 5.80. The average molecular weight is 254 g/mol. The number of carbonyl (C=O) groups is 1. The second-order valence-corrected chi connectivity index (χ2v) is 4.87. The predicted octanol–water partition coefficient (Wildman–Crippen LogP) is 1.67. The summed E-state index contributed by atoms with van der Waals surface area (Å²) in [6.45, 7) is 6.58. The first-order chi connectivity index (χ1) is 8.41. The van der Waals surface area contributed by atoms with Gasteiger partial charge in [-0.25, -0.2) is 15.2 Å². The van der Waals surface area contributed by atoms with E-state index in [-0.39, 0.29) is 16.8 Å². The van der Waals surface area contributed by atoms with Crippen molar-refractivity contribution in [2.24, 2.45) is 11.3 Å². The van der Waals surface area contributed by atoms with Crippen LogP contribution in [0.5, 0.6) is 0 Å². The molecule has 0 atom stereocenters. The summed E-state index contributed by atoms with van der Waals surface area (Å²) in [5.74, 6) is 3.75. The first kappa shape index (κ1) is 14.4. The van der Waals surface area contributed by atoms with Crippen LogP contribution in [0.1, 0.15) is 37.6 Å². The van der Waals surface area contributed by atoms with E-state index in [0.717, 1.165) is 6.42 Å². The zero-order valence-electron chi connectivity index (χ0n) is 10.9. The highest BCUT2D eigenvalue weighted by Crippen LogP contribution is 2.19. The minimum atomic E-state index is -0.744. The third kappa shape index (κ3) is 3.40. The average Bonchev–Trinajstić information content (AvgIpc) is 2.36. The van der Waals surface area contributed by atoms with Crippen LogP contribution in [0.2, 0.25) is 0 Å². The summed E-state index contributed by atoms with van der Waals surface area (Å²) in [6.07, 6.45) is 2.25. The lowest BCUT2D eigenvalue weighted by molar-refractivity contribution is 0.0931. The minimum absolute atomic E-state index is 0.0197. The molecule has 0 saturated carbocycles. The Balaban J connectivity index is 2.79. The van der Waals surface area contributed by atoms with Gasteiger partial charge in [0, 0.05) is 12.7 Å². The number of anilines is 1. The number of aromatic nitrogens is 1. The van der Waals surface area contributed by atoms with Crippen molar-refractivity contribution < 1.29 is 9.18 Å². The van der Waals surface area contributed by atoms with Gasteiger partial charge in [0.05, 0.1) is 5.56 Å². The molecule has 0 aromatic carbocycles. The number of rotatable bonds is 5. The highest BCUT2D eigenvalue weighted by Gasteiger charge is 2.19. The van der Waals surface area contributed by atoms with E-state index >= 15 is 0 Å². The largest absolute Gasteiger partial charge is 0.351 e. The van der Waals surface area contributed by atoms with Gasteiger partial charge in [0.15, 0.2) is 11.6 Å². The number of hydrogen-bond acceptors (Lipinski definition) is 4. The summed E-state index contributed by atoms with van der Waals surface area (Å²) >= 11 is 0. The molecule has 0 aliphatic rings. The summed E-state index contributed by atoms with van der Waals surface area (Å²) in [5, 5.41) is 2.71. The Morgan fingerprint density at radius 1 is 1.56 bits per heavy atom. The van der Waals surface area contributed by atoms with Gasteiger partial charge in [-0.05, 0) is 17.9 Å². The van der Waals surface area contributed by atoms with E-state index < -0.39 is 11.7 Å². The van der Waals surface area contributed by atoms with Gasteiger partial charge >= 0.3 is 0 Å². The van der Waals surface area contributed by atoms with Crippen LogP contribution in [-0.4, -0.2) is 17.4 Å². The predicted molar refractivity (Wildman–Crippen MR) is 68.4 cm³/mol. The summed E-state index contributed by atoms with van der Waals surface area (Å²) in [6, 6.07) is 1.32. The standard InChI is InChI=1S/C12H19FN4O/c1-4-12(2,3)7-16-11(18)8-5-6-15-10(17-14)9(8)13/h5-6H,4,7,14H2,1-3H3,(H,15,17)(H,16,18). The molecular weight excluding hydrogens is 235 g/mol. The Bertz CT molecular complexity index is 434. The Morgan fingerprint density at radius 3 is 2.78 bits per heavy atom. The van der Waals surface area contributed by atoms with Gasteiger partial charge < -0.3 is 10.7 Å². The molecule has 0 fully saturated rings. The molecule has 0 saturated heterocycles. The molecule has 0 spiro atoms. The molecule has 1 aromatic heterocycles. The van der Waals surface area contributed by atoms with Crippen molar-refractivity contribution >= 4 is 11.7 Å². The highest BCUT2D eigenvalue weighted by atomic mass is 19.1. The van der Waals surface area contributed by atoms with Crippen LogP contribution in [-0.2, 0) is 0 Å². The third-order valence-electron chi connectivity index (χ3n) is 2.96. The monoisotopic (exact) mass is 254 g/mol. The maximum atomic E-state index is 13.8. The number of hydrogen-bond donors (Lipinski definition) is 3. The molecule has 1 rings (SSSR count). The van der Waals surface area contributed by atoms with Crippen LogP contribution >= 0.6 is 0 Å². The van der Waals surface area contributed by atoms with E-state index in [1.165, 1.54) is 12.3 Å². The van der Waals surface area contributed by atoms with Crippen molar-refractivity contribution in [2.75, 3.05) is 12.0 Å². The maximum Gasteiger partial charge on any atom is 0.254 e. The number of nitrogen functional groups attached to an aromatic ring is 1. The second-order valence-electron chi connectivity index (χ2n) is 4.87. The van der Waals surface area contributed by atoms with E-state index in [4.69, 9.17) is 5.84 Å². The summed E-state index contributed by atoms with van der Waals surface area (Å²) in [5.41, 5.74) is 2.02. The third-order valence-corrected chi connectivity index (χ3v) is 2.96. The first-order valence-corrected chi connectivity index (χ1v) is 5.80. The number of carbonyl (C=O) groups excluding carboxylic acids is 1. The van der Waals surface area contributed by atoms with E-state index in [1.54, 1.807) is 0 Å². The molecule has 0 aliphatic heterocycles. The van der Waals surface area contributed by atoms with Gasteiger partial charge in [-0.15, -0.1) is 0 Å². The number of nitrogens with one attached hydrogen (secondary N) is 2. The quantitative estimate of drug-likeness (QED) is 0.551. The zero-order chi connectivity index (χ0) is 13.8. The Morgan fingerprint density at radius 2 is 2.22 bits per heavy atom. The fourth-order valence-corrected chi connectivity index (χ4v) is 1.26. The lowest BCUT2D eigenvalue weighted by atomic mass is 9.90. The van der Waals surface area contributed by atoms with Gasteiger partial charge in [0.25, 0.3) is 5.91 Å². The normalized spacial score (nSPS) is 11.2. The van der Waals surface area contributed by atoms with Gasteiger partial charge in [-0.2, -0.15) is 0 Å². The minimum Gasteiger partial charge on any atom is -0.351 e.